The average Bonchev–Trinajstić information content (AvgIpc) is 2.19. The smallest absolute Gasteiger partial charge is 0.866 e. The summed E-state index contributed by atoms with van der Waals surface area (Å²) >= 11 is 8.36. The quantitative estimate of drug-likeness (QED) is 0.512. The Hall–Kier alpha value is 0.323. The maximum Gasteiger partial charge on any atom is 2.00 e. The van der Waals surface area contributed by atoms with Crippen molar-refractivity contribution in [3.05, 3.63) is 0 Å². The summed E-state index contributed by atoms with van der Waals surface area (Å²) in [5.74, 6) is 0. The van der Waals surface area contributed by atoms with E-state index in [-0.39, 0.29) is 19.5 Å². The standard InChI is InChI=1S/2C5H10O2S.Zn/c2*1-2-3-4(6)5(7)8;/h2*4,6H,2-3H2,1H3,(H,7,8);/q;;+2/p-2. The van der Waals surface area contributed by atoms with Gasteiger partial charge in [0.2, 0.25) is 0 Å². The largest absolute Gasteiger partial charge is 2.00 e. The fraction of sp³-hybridized carbons (Fsp3) is 0.800. The van der Waals surface area contributed by atoms with E-state index >= 15 is 0 Å². The van der Waals surface area contributed by atoms with Crippen LogP contribution in [-0.2, 0) is 19.5 Å². The molecule has 0 aliphatic heterocycles. The summed E-state index contributed by atoms with van der Waals surface area (Å²) in [6, 6.07) is 0. The molecule has 0 amide bonds. The van der Waals surface area contributed by atoms with E-state index < -0.39 is 22.3 Å². The second-order valence-corrected chi connectivity index (χ2v) is 4.05. The van der Waals surface area contributed by atoms with E-state index in [1.54, 1.807) is 0 Å². The van der Waals surface area contributed by atoms with Crippen molar-refractivity contribution in [2.24, 2.45) is 0 Å². The van der Waals surface area contributed by atoms with Gasteiger partial charge in [0.25, 0.3) is 0 Å². The third-order valence-corrected chi connectivity index (χ3v) is 2.21. The monoisotopic (exact) mass is 330 g/mol. The van der Waals surface area contributed by atoms with Crippen LogP contribution in [0.25, 0.3) is 0 Å². The third-order valence-electron chi connectivity index (χ3n) is 1.67. The Balaban J connectivity index is -0.000000218. The summed E-state index contributed by atoms with van der Waals surface area (Å²) in [6.07, 6.45) is 0.752. The summed E-state index contributed by atoms with van der Waals surface area (Å²) in [5.41, 5.74) is 0. The van der Waals surface area contributed by atoms with Crippen LogP contribution >= 0.6 is 24.4 Å². The van der Waals surface area contributed by atoms with Gasteiger partial charge in [-0.1, -0.05) is 51.1 Å². The maximum atomic E-state index is 10.1. The van der Waals surface area contributed by atoms with Gasteiger partial charge in [-0.25, -0.2) is 0 Å². The minimum absolute atomic E-state index is 0. The van der Waals surface area contributed by atoms with Crippen LogP contribution in [0.3, 0.4) is 0 Å². The van der Waals surface area contributed by atoms with Crippen LogP contribution in [0.15, 0.2) is 0 Å². The Labute approximate surface area is 126 Å². The zero-order chi connectivity index (χ0) is 13.1. The fourth-order valence-electron chi connectivity index (χ4n) is 0.783. The van der Waals surface area contributed by atoms with Gasteiger partial charge in [0.1, 0.15) is 0 Å². The molecule has 17 heavy (non-hydrogen) atoms. The van der Waals surface area contributed by atoms with Crippen LogP contribution < -0.4 is 10.2 Å². The Morgan fingerprint density at radius 3 is 1.24 bits per heavy atom. The van der Waals surface area contributed by atoms with E-state index in [0.29, 0.717) is 12.8 Å². The molecule has 7 heteroatoms. The summed E-state index contributed by atoms with van der Waals surface area (Å²) in [6.45, 7) is 3.78. The average molecular weight is 332 g/mol. The van der Waals surface area contributed by atoms with Crippen LogP contribution in [0, 0.1) is 0 Å². The third kappa shape index (κ3) is 16.3. The first kappa shape index (κ1) is 22.5. The molecule has 2 atom stereocenters. The number of hydrogen-bond acceptors (Lipinski definition) is 6. The van der Waals surface area contributed by atoms with Crippen molar-refractivity contribution in [3.8, 4) is 0 Å². The van der Waals surface area contributed by atoms with Crippen LogP contribution in [0.5, 0.6) is 0 Å². The molecule has 2 unspecified atom stereocenters. The van der Waals surface area contributed by atoms with Gasteiger partial charge in [-0.05, 0) is 22.9 Å². The molecule has 0 aromatic carbocycles. The number of hydrogen-bond donors (Lipinski definition) is 2. The van der Waals surface area contributed by atoms with Crippen molar-refractivity contribution in [2.45, 2.75) is 51.7 Å². The molecule has 0 aliphatic rings. The predicted octanol–water partition coefficient (Wildman–Crippen LogP) is -0.332. The van der Waals surface area contributed by atoms with Gasteiger partial charge in [0.15, 0.2) is 0 Å². The Bertz CT molecular complexity index is 192. The van der Waals surface area contributed by atoms with Crippen molar-refractivity contribution in [2.75, 3.05) is 0 Å². The van der Waals surface area contributed by atoms with Crippen LogP contribution in [-0.4, -0.2) is 32.5 Å². The molecule has 0 saturated heterocycles. The molecule has 96 valence electrons. The summed E-state index contributed by atoms with van der Waals surface area (Å²) in [5, 5.41) is 36.4. The predicted molar refractivity (Wildman–Crippen MR) is 67.0 cm³/mol. The first-order valence-electron chi connectivity index (χ1n) is 5.14. The second-order valence-electron chi connectivity index (χ2n) is 3.25. The van der Waals surface area contributed by atoms with Gasteiger partial charge in [-0.2, -0.15) is 0 Å². The first-order chi connectivity index (χ1) is 7.36. The number of thiocarbonyl (C=S) groups is 2. The van der Waals surface area contributed by atoms with E-state index in [1.165, 1.54) is 0 Å². The van der Waals surface area contributed by atoms with Crippen LogP contribution in [0.4, 0.5) is 0 Å². The topological polar surface area (TPSA) is 86.6 Å². The molecule has 0 aromatic rings. The minimum Gasteiger partial charge on any atom is -0.866 e. The Morgan fingerprint density at radius 1 is 0.941 bits per heavy atom. The van der Waals surface area contributed by atoms with Gasteiger partial charge in [-0.3, -0.25) is 0 Å². The zero-order valence-corrected chi connectivity index (χ0v) is 14.8. The summed E-state index contributed by atoms with van der Waals surface area (Å²) in [4.78, 5) is 0. The molecule has 0 aliphatic carbocycles. The van der Waals surface area contributed by atoms with Crippen molar-refractivity contribution in [1.82, 2.24) is 0 Å². The van der Waals surface area contributed by atoms with Crippen LogP contribution in [0.2, 0.25) is 0 Å². The molecular weight excluding hydrogens is 314 g/mol. The van der Waals surface area contributed by atoms with E-state index in [4.69, 9.17) is 10.2 Å². The molecule has 4 nitrogen and oxygen atoms in total. The minimum atomic E-state index is -0.907. The van der Waals surface area contributed by atoms with E-state index in [0.717, 1.165) is 12.8 Å². The van der Waals surface area contributed by atoms with Crippen molar-refractivity contribution in [1.29, 1.82) is 0 Å². The zero-order valence-electron chi connectivity index (χ0n) is 10.2. The van der Waals surface area contributed by atoms with Gasteiger partial charge < -0.3 is 20.4 Å². The number of aliphatic hydroxyl groups is 2. The fourth-order valence-corrected chi connectivity index (χ4v) is 1.02. The molecule has 0 saturated carbocycles. The molecule has 0 fully saturated rings. The van der Waals surface area contributed by atoms with Gasteiger partial charge >= 0.3 is 19.5 Å². The molecule has 0 heterocycles. The first-order valence-corrected chi connectivity index (χ1v) is 5.96. The summed E-state index contributed by atoms with van der Waals surface area (Å²) in [7, 11) is 0. The van der Waals surface area contributed by atoms with Gasteiger partial charge in [-0.15, -0.1) is 0 Å². The van der Waals surface area contributed by atoms with Gasteiger partial charge in [0.05, 0.1) is 12.2 Å². The van der Waals surface area contributed by atoms with E-state index in [9.17, 15) is 10.2 Å². The molecule has 0 spiro atoms. The normalized spacial score (nSPS) is 12.5. The van der Waals surface area contributed by atoms with Crippen LogP contribution in [0.1, 0.15) is 39.5 Å². The SMILES string of the molecule is CCCC(O)C([O-])=S.CCCC(O)C([O-])=S.[Zn+2]. The Kier molecular flexibility index (Phi) is 19.0. The molecule has 0 bridgehead atoms. The number of aliphatic hydroxyl groups excluding tert-OH is 2. The Morgan fingerprint density at radius 2 is 1.18 bits per heavy atom. The number of rotatable bonds is 6. The molecule has 0 rings (SSSR count). The van der Waals surface area contributed by atoms with Crippen molar-refractivity contribution < 1.29 is 39.9 Å². The van der Waals surface area contributed by atoms with E-state index in [1.807, 2.05) is 13.8 Å². The van der Waals surface area contributed by atoms with E-state index in [2.05, 4.69) is 24.4 Å². The van der Waals surface area contributed by atoms with Crippen molar-refractivity contribution in [3.63, 3.8) is 0 Å². The second kappa shape index (κ2) is 14.4. The molecule has 0 aromatic heterocycles. The maximum absolute atomic E-state index is 10.1. The molecule has 2 N–H and O–H groups in total. The van der Waals surface area contributed by atoms with Crippen molar-refractivity contribution >= 4 is 34.5 Å². The van der Waals surface area contributed by atoms with Gasteiger partial charge in [0, 0.05) is 0 Å². The molecule has 0 radical (unpaired) electrons. The summed E-state index contributed by atoms with van der Waals surface area (Å²) < 4.78 is 0. The molecular formula is C10H18O4S2Zn.